The fourth-order valence-electron chi connectivity index (χ4n) is 3.37. The highest BCUT2D eigenvalue weighted by Crippen LogP contribution is 2.29. The highest BCUT2D eigenvalue weighted by atomic mass is 16.5. The number of aliphatic imine (C=N–C) groups is 1. The number of aryl methyl sites for hydroxylation is 3. The predicted molar refractivity (Wildman–Crippen MR) is 123 cm³/mol. The Bertz CT molecular complexity index is 1170. The lowest BCUT2D eigenvalue weighted by Gasteiger charge is -2.12. The first-order chi connectivity index (χ1) is 14.1. The van der Waals surface area contributed by atoms with Gasteiger partial charge >= 0.3 is 0 Å². The van der Waals surface area contributed by atoms with E-state index in [0.717, 1.165) is 33.5 Å². The Morgan fingerprint density at radius 2 is 1.55 bits per heavy atom. The predicted octanol–water partition coefficient (Wildman–Crippen LogP) is 7.09. The van der Waals surface area contributed by atoms with Gasteiger partial charge in [0.05, 0.1) is 5.69 Å². The van der Waals surface area contributed by atoms with Crippen molar-refractivity contribution in [3.05, 3.63) is 107 Å². The lowest BCUT2D eigenvalue weighted by atomic mass is 10.0. The van der Waals surface area contributed by atoms with Crippen molar-refractivity contribution >= 4 is 22.7 Å². The quantitative estimate of drug-likeness (QED) is 0.339. The third kappa shape index (κ3) is 4.38. The maximum atomic E-state index is 6.22. The Balaban J connectivity index is 1.71. The molecule has 0 aliphatic rings. The number of nitrogens with zero attached hydrogens (tertiary/aromatic N) is 1. The number of fused-ring (bicyclic) bond motifs is 1. The van der Waals surface area contributed by atoms with Gasteiger partial charge in [0, 0.05) is 11.8 Å². The van der Waals surface area contributed by atoms with E-state index in [2.05, 4.69) is 93.6 Å². The first-order valence-electron chi connectivity index (χ1n) is 9.91. The van der Waals surface area contributed by atoms with E-state index in [-0.39, 0.29) is 0 Å². The van der Waals surface area contributed by atoms with Crippen molar-refractivity contribution in [2.45, 2.75) is 27.4 Å². The van der Waals surface area contributed by atoms with Crippen molar-refractivity contribution < 1.29 is 4.74 Å². The lowest BCUT2D eigenvalue weighted by molar-refractivity contribution is 0.306. The third-order valence-corrected chi connectivity index (χ3v) is 5.14. The second kappa shape index (κ2) is 8.32. The molecule has 0 aliphatic heterocycles. The molecule has 0 N–H and O–H groups in total. The van der Waals surface area contributed by atoms with Crippen molar-refractivity contribution in [3.63, 3.8) is 0 Å². The van der Waals surface area contributed by atoms with Crippen LogP contribution in [-0.4, -0.2) is 6.21 Å². The van der Waals surface area contributed by atoms with E-state index in [4.69, 9.17) is 9.73 Å². The standard InChI is InChI=1S/C27H25NO/c1-19-9-12-22(13-10-19)18-29-27-15-14-23-6-4-5-7-24(23)25(27)17-28-26-16-20(2)8-11-21(26)3/h4-17H,18H2,1-3H3. The van der Waals surface area contributed by atoms with E-state index in [1.165, 1.54) is 16.5 Å². The molecule has 0 unspecified atom stereocenters. The van der Waals surface area contributed by atoms with Crippen LogP contribution in [0.3, 0.4) is 0 Å². The van der Waals surface area contributed by atoms with Crippen LogP contribution in [0.2, 0.25) is 0 Å². The maximum absolute atomic E-state index is 6.22. The van der Waals surface area contributed by atoms with Crippen molar-refractivity contribution in [2.75, 3.05) is 0 Å². The molecule has 4 aromatic rings. The number of hydrogen-bond acceptors (Lipinski definition) is 2. The molecular weight excluding hydrogens is 354 g/mol. The Morgan fingerprint density at radius 3 is 2.38 bits per heavy atom. The normalized spacial score (nSPS) is 11.3. The molecular formula is C27H25NO. The number of ether oxygens (including phenoxy) is 1. The monoisotopic (exact) mass is 379 g/mol. The molecule has 0 saturated carbocycles. The molecule has 144 valence electrons. The number of rotatable bonds is 5. The molecule has 0 aliphatic carbocycles. The van der Waals surface area contributed by atoms with E-state index in [1.54, 1.807) is 0 Å². The van der Waals surface area contributed by atoms with Crippen LogP contribution in [0.5, 0.6) is 5.75 Å². The molecule has 4 rings (SSSR count). The van der Waals surface area contributed by atoms with Crippen LogP contribution in [0.4, 0.5) is 5.69 Å². The minimum Gasteiger partial charge on any atom is -0.488 e. The molecule has 0 radical (unpaired) electrons. The Morgan fingerprint density at radius 1 is 0.793 bits per heavy atom. The third-order valence-electron chi connectivity index (χ3n) is 5.14. The highest BCUT2D eigenvalue weighted by Gasteiger charge is 2.08. The first-order valence-corrected chi connectivity index (χ1v) is 9.91. The van der Waals surface area contributed by atoms with E-state index in [1.807, 2.05) is 12.3 Å². The van der Waals surface area contributed by atoms with Crippen LogP contribution >= 0.6 is 0 Å². The van der Waals surface area contributed by atoms with E-state index in [0.29, 0.717) is 6.61 Å². The summed E-state index contributed by atoms with van der Waals surface area (Å²) in [5, 5.41) is 2.32. The largest absolute Gasteiger partial charge is 0.488 e. The van der Waals surface area contributed by atoms with Crippen LogP contribution in [0.1, 0.15) is 27.8 Å². The molecule has 0 spiro atoms. The molecule has 2 nitrogen and oxygen atoms in total. The Hall–Kier alpha value is -3.39. The van der Waals surface area contributed by atoms with Gasteiger partial charge in [0.25, 0.3) is 0 Å². The maximum Gasteiger partial charge on any atom is 0.129 e. The van der Waals surface area contributed by atoms with Crippen molar-refractivity contribution in [2.24, 2.45) is 4.99 Å². The average molecular weight is 380 g/mol. The summed E-state index contributed by atoms with van der Waals surface area (Å²) in [4.78, 5) is 4.81. The Labute approximate surface area is 172 Å². The smallest absolute Gasteiger partial charge is 0.129 e. The highest BCUT2D eigenvalue weighted by molar-refractivity contribution is 6.03. The van der Waals surface area contributed by atoms with E-state index in [9.17, 15) is 0 Å². The molecule has 0 heterocycles. The first kappa shape index (κ1) is 18.9. The summed E-state index contributed by atoms with van der Waals surface area (Å²) >= 11 is 0. The van der Waals surface area contributed by atoms with Gasteiger partial charge in [-0.25, -0.2) is 0 Å². The number of benzene rings is 4. The fraction of sp³-hybridized carbons (Fsp3) is 0.148. The molecule has 0 bridgehead atoms. The van der Waals surface area contributed by atoms with Gasteiger partial charge in [-0.1, -0.05) is 72.3 Å². The van der Waals surface area contributed by atoms with Crippen LogP contribution in [0, 0.1) is 20.8 Å². The zero-order valence-electron chi connectivity index (χ0n) is 17.1. The van der Waals surface area contributed by atoms with Crippen molar-refractivity contribution in [3.8, 4) is 5.75 Å². The lowest BCUT2D eigenvalue weighted by Crippen LogP contribution is -1.99. The minimum absolute atomic E-state index is 0.531. The van der Waals surface area contributed by atoms with Gasteiger partial charge in [-0.05, 0) is 60.4 Å². The zero-order chi connectivity index (χ0) is 20.2. The second-order valence-electron chi connectivity index (χ2n) is 7.52. The van der Waals surface area contributed by atoms with Gasteiger partial charge in [-0.3, -0.25) is 4.99 Å². The van der Waals surface area contributed by atoms with Crippen molar-refractivity contribution in [1.29, 1.82) is 0 Å². The van der Waals surface area contributed by atoms with Crippen LogP contribution in [-0.2, 0) is 6.61 Å². The molecule has 0 fully saturated rings. The van der Waals surface area contributed by atoms with Crippen molar-refractivity contribution in [1.82, 2.24) is 0 Å². The molecule has 0 saturated heterocycles. The molecule has 0 aromatic heterocycles. The SMILES string of the molecule is Cc1ccc(COc2ccc3ccccc3c2C=Nc2cc(C)ccc2C)cc1. The van der Waals surface area contributed by atoms with Crippen LogP contribution in [0.15, 0.2) is 83.9 Å². The van der Waals surface area contributed by atoms with Gasteiger partial charge in [0.2, 0.25) is 0 Å². The average Bonchev–Trinajstić information content (AvgIpc) is 2.74. The van der Waals surface area contributed by atoms with Gasteiger partial charge in [0.1, 0.15) is 12.4 Å². The summed E-state index contributed by atoms with van der Waals surface area (Å²) in [6.45, 7) is 6.80. The Kier molecular flexibility index (Phi) is 5.44. The van der Waals surface area contributed by atoms with Crippen LogP contribution in [0.25, 0.3) is 10.8 Å². The summed E-state index contributed by atoms with van der Waals surface area (Å²) in [6.07, 6.45) is 1.94. The summed E-state index contributed by atoms with van der Waals surface area (Å²) < 4.78 is 6.22. The van der Waals surface area contributed by atoms with Gasteiger partial charge < -0.3 is 4.74 Å². The molecule has 0 amide bonds. The van der Waals surface area contributed by atoms with Gasteiger partial charge in [-0.15, -0.1) is 0 Å². The molecule has 0 atom stereocenters. The summed E-state index contributed by atoms with van der Waals surface area (Å²) in [5.74, 6) is 0.846. The minimum atomic E-state index is 0.531. The molecule has 2 heteroatoms. The van der Waals surface area contributed by atoms with E-state index < -0.39 is 0 Å². The second-order valence-corrected chi connectivity index (χ2v) is 7.52. The fourth-order valence-corrected chi connectivity index (χ4v) is 3.37. The molecule has 4 aromatic carbocycles. The molecule has 29 heavy (non-hydrogen) atoms. The summed E-state index contributed by atoms with van der Waals surface area (Å²) in [6, 6.07) is 27.3. The van der Waals surface area contributed by atoms with Gasteiger partial charge in [-0.2, -0.15) is 0 Å². The summed E-state index contributed by atoms with van der Waals surface area (Å²) in [5.41, 5.74) is 6.77. The topological polar surface area (TPSA) is 21.6 Å². The van der Waals surface area contributed by atoms with E-state index >= 15 is 0 Å². The zero-order valence-corrected chi connectivity index (χ0v) is 17.1. The number of hydrogen-bond donors (Lipinski definition) is 0. The van der Waals surface area contributed by atoms with Crippen LogP contribution < -0.4 is 4.74 Å². The summed E-state index contributed by atoms with van der Waals surface area (Å²) in [7, 11) is 0. The van der Waals surface area contributed by atoms with Gasteiger partial charge in [0.15, 0.2) is 0 Å².